The van der Waals surface area contributed by atoms with Crippen LogP contribution in [-0.4, -0.2) is 53.5 Å². The largest absolute Gasteiger partial charge is 0.352 e. The summed E-state index contributed by atoms with van der Waals surface area (Å²) in [6, 6.07) is 2.19. The van der Waals surface area contributed by atoms with Gasteiger partial charge in [0.15, 0.2) is 0 Å². The maximum absolute atomic E-state index is 11.6. The molecule has 3 heterocycles. The summed E-state index contributed by atoms with van der Waals surface area (Å²) >= 11 is 1.73. The molecule has 0 aromatic carbocycles. The molecule has 2 aromatic heterocycles. The summed E-state index contributed by atoms with van der Waals surface area (Å²) in [5.41, 5.74) is 5.42. The lowest BCUT2D eigenvalue weighted by Crippen LogP contribution is -2.50. The molecule has 112 valence electrons. The van der Waals surface area contributed by atoms with Crippen molar-refractivity contribution >= 4 is 33.3 Å². The fourth-order valence-electron chi connectivity index (χ4n) is 2.62. The predicted octanol–water partition coefficient (Wildman–Crippen LogP) is 0.861. The monoisotopic (exact) mass is 305 g/mol. The number of anilines is 1. The highest BCUT2D eigenvalue weighted by Crippen LogP contribution is 2.30. The van der Waals surface area contributed by atoms with Crippen molar-refractivity contribution in [2.45, 2.75) is 13.3 Å². The van der Waals surface area contributed by atoms with Crippen molar-refractivity contribution < 1.29 is 4.79 Å². The molecule has 1 saturated heterocycles. The number of amides is 1. The Balaban J connectivity index is 1.82. The fourth-order valence-corrected chi connectivity index (χ4v) is 3.55. The second-order valence-corrected chi connectivity index (χ2v) is 6.17. The lowest BCUT2D eigenvalue weighted by Gasteiger charge is -2.35. The van der Waals surface area contributed by atoms with E-state index in [1.54, 1.807) is 17.7 Å². The summed E-state index contributed by atoms with van der Waals surface area (Å²) in [6.45, 7) is 5.21. The predicted molar refractivity (Wildman–Crippen MR) is 84.6 cm³/mol. The highest BCUT2D eigenvalue weighted by atomic mass is 32.1. The molecule has 0 bridgehead atoms. The quantitative estimate of drug-likeness (QED) is 0.910. The third kappa shape index (κ3) is 2.71. The van der Waals surface area contributed by atoms with Gasteiger partial charge in [-0.15, -0.1) is 11.3 Å². The molecule has 2 aromatic rings. The number of nitrogens with two attached hydrogens (primary N) is 1. The van der Waals surface area contributed by atoms with Crippen LogP contribution in [-0.2, 0) is 11.2 Å². The van der Waals surface area contributed by atoms with Crippen LogP contribution in [0.15, 0.2) is 12.4 Å². The van der Waals surface area contributed by atoms with Gasteiger partial charge in [0.05, 0.1) is 11.9 Å². The first-order chi connectivity index (χ1) is 10.2. The zero-order valence-corrected chi connectivity index (χ0v) is 12.9. The lowest BCUT2D eigenvalue weighted by atomic mass is 10.2. The van der Waals surface area contributed by atoms with Crippen LogP contribution in [0.25, 0.3) is 10.2 Å². The zero-order valence-electron chi connectivity index (χ0n) is 12.1. The van der Waals surface area contributed by atoms with Crippen LogP contribution in [0.1, 0.15) is 11.8 Å². The number of hydrogen-bond acceptors (Lipinski definition) is 6. The van der Waals surface area contributed by atoms with Crippen LogP contribution in [0.3, 0.4) is 0 Å². The maximum atomic E-state index is 11.6. The Morgan fingerprint density at radius 2 is 2.10 bits per heavy atom. The van der Waals surface area contributed by atoms with E-state index in [4.69, 9.17) is 5.73 Å². The van der Waals surface area contributed by atoms with E-state index in [2.05, 4.69) is 27.9 Å². The summed E-state index contributed by atoms with van der Waals surface area (Å²) in [7, 11) is 0. The Kier molecular flexibility index (Phi) is 4.03. The SMILES string of the molecule is CCc1cc2c(N3CCN(C(=O)CN)CC3)ncnc2s1. The van der Waals surface area contributed by atoms with Crippen LogP contribution in [0.2, 0.25) is 0 Å². The number of carbonyl (C=O) groups is 1. The Bertz CT molecular complexity index is 648. The van der Waals surface area contributed by atoms with Crippen molar-refractivity contribution in [3.05, 3.63) is 17.3 Å². The molecular formula is C14H19N5OS. The molecule has 1 amide bonds. The Labute approximate surface area is 127 Å². The Hall–Kier alpha value is -1.73. The van der Waals surface area contributed by atoms with Gasteiger partial charge in [-0.25, -0.2) is 9.97 Å². The maximum Gasteiger partial charge on any atom is 0.236 e. The normalized spacial score (nSPS) is 15.7. The lowest BCUT2D eigenvalue weighted by molar-refractivity contribution is -0.129. The number of aromatic nitrogens is 2. The van der Waals surface area contributed by atoms with Crippen LogP contribution >= 0.6 is 11.3 Å². The molecule has 2 N–H and O–H groups in total. The second-order valence-electron chi connectivity index (χ2n) is 5.05. The molecule has 1 aliphatic rings. The van der Waals surface area contributed by atoms with Gasteiger partial charge < -0.3 is 15.5 Å². The number of piperazine rings is 1. The van der Waals surface area contributed by atoms with Crippen LogP contribution < -0.4 is 10.6 Å². The highest BCUT2D eigenvalue weighted by Gasteiger charge is 2.22. The number of carbonyl (C=O) groups excluding carboxylic acids is 1. The van der Waals surface area contributed by atoms with Crippen molar-refractivity contribution in [1.82, 2.24) is 14.9 Å². The molecule has 6 nitrogen and oxygen atoms in total. The van der Waals surface area contributed by atoms with Gasteiger partial charge in [-0.1, -0.05) is 6.92 Å². The van der Waals surface area contributed by atoms with E-state index in [-0.39, 0.29) is 12.5 Å². The van der Waals surface area contributed by atoms with E-state index >= 15 is 0 Å². The van der Waals surface area contributed by atoms with Crippen LogP contribution in [0.5, 0.6) is 0 Å². The number of hydrogen-bond donors (Lipinski definition) is 1. The first-order valence-corrected chi connectivity index (χ1v) is 8.00. The molecule has 0 spiro atoms. The number of nitrogens with zero attached hydrogens (tertiary/aromatic N) is 4. The summed E-state index contributed by atoms with van der Waals surface area (Å²) in [6.07, 6.45) is 2.64. The molecule has 0 radical (unpaired) electrons. The van der Waals surface area contributed by atoms with Crippen LogP contribution in [0, 0.1) is 0 Å². The number of fused-ring (bicyclic) bond motifs is 1. The standard InChI is InChI=1S/C14H19N5OS/c1-2-10-7-11-13(16-9-17-14(11)21-10)19-5-3-18(4-6-19)12(20)8-15/h7,9H,2-6,8,15H2,1H3. The van der Waals surface area contributed by atoms with Crippen molar-refractivity contribution in [3.63, 3.8) is 0 Å². The first-order valence-electron chi connectivity index (χ1n) is 7.19. The van der Waals surface area contributed by atoms with E-state index in [0.29, 0.717) is 13.1 Å². The van der Waals surface area contributed by atoms with Gasteiger partial charge in [0.1, 0.15) is 17.0 Å². The average molecular weight is 305 g/mol. The molecule has 0 saturated carbocycles. The Morgan fingerprint density at radius 3 is 2.76 bits per heavy atom. The van der Waals surface area contributed by atoms with Crippen LogP contribution in [0.4, 0.5) is 5.82 Å². The average Bonchev–Trinajstić information content (AvgIpc) is 2.97. The van der Waals surface area contributed by atoms with E-state index in [1.807, 2.05) is 4.90 Å². The van der Waals surface area contributed by atoms with E-state index < -0.39 is 0 Å². The minimum atomic E-state index is 0.0197. The molecule has 1 aliphatic heterocycles. The molecule has 21 heavy (non-hydrogen) atoms. The third-order valence-electron chi connectivity index (χ3n) is 3.81. The van der Waals surface area contributed by atoms with Gasteiger partial charge in [0.2, 0.25) is 5.91 Å². The van der Waals surface area contributed by atoms with Gasteiger partial charge >= 0.3 is 0 Å². The van der Waals surface area contributed by atoms with Gasteiger partial charge in [0.25, 0.3) is 0 Å². The van der Waals surface area contributed by atoms with Crippen molar-refractivity contribution in [2.24, 2.45) is 5.73 Å². The number of thiophene rings is 1. The molecule has 3 rings (SSSR count). The number of rotatable bonds is 3. The van der Waals surface area contributed by atoms with Crippen molar-refractivity contribution in [2.75, 3.05) is 37.6 Å². The van der Waals surface area contributed by atoms with E-state index in [0.717, 1.165) is 35.5 Å². The Morgan fingerprint density at radius 1 is 1.33 bits per heavy atom. The van der Waals surface area contributed by atoms with Gasteiger partial charge in [-0.2, -0.15) is 0 Å². The number of aryl methyl sites for hydroxylation is 1. The van der Waals surface area contributed by atoms with Gasteiger partial charge in [-0.3, -0.25) is 4.79 Å². The van der Waals surface area contributed by atoms with Gasteiger partial charge in [-0.05, 0) is 12.5 Å². The minimum absolute atomic E-state index is 0.0197. The second kappa shape index (κ2) is 5.95. The summed E-state index contributed by atoms with van der Waals surface area (Å²) < 4.78 is 0. The summed E-state index contributed by atoms with van der Waals surface area (Å²) in [5.74, 6) is 1.00. The van der Waals surface area contributed by atoms with Crippen molar-refractivity contribution in [3.8, 4) is 0 Å². The summed E-state index contributed by atoms with van der Waals surface area (Å²) in [5, 5.41) is 1.12. The first kappa shape index (κ1) is 14.2. The molecule has 1 fully saturated rings. The smallest absolute Gasteiger partial charge is 0.236 e. The summed E-state index contributed by atoms with van der Waals surface area (Å²) in [4.78, 5) is 26.9. The van der Waals surface area contributed by atoms with E-state index in [1.165, 1.54) is 4.88 Å². The zero-order chi connectivity index (χ0) is 14.8. The van der Waals surface area contributed by atoms with Gasteiger partial charge in [0, 0.05) is 31.1 Å². The molecule has 7 heteroatoms. The molecule has 0 unspecified atom stereocenters. The molecule has 0 atom stereocenters. The third-order valence-corrected chi connectivity index (χ3v) is 5.00. The molecular weight excluding hydrogens is 286 g/mol. The minimum Gasteiger partial charge on any atom is -0.352 e. The molecule has 0 aliphatic carbocycles. The van der Waals surface area contributed by atoms with E-state index in [9.17, 15) is 4.79 Å². The van der Waals surface area contributed by atoms with Crippen molar-refractivity contribution in [1.29, 1.82) is 0 Å². The highest BCUT2D eigenvalue weighted by molar-refractivity contribution is 7.18. The fraction of sp³-hybridized carbons (Fsp3) is 0.500. The topological polar surface area (TPSA) is 75.3 Å².